The second-order valence-corrected chi connectivity index (χ2v) is 5.81. The van der Waals surface area contributed by atoms with E-state index >= 15 is 0 Å². The van der Waals surface area contributed by atoms with E-state index < -0.39 is 0 Å². The molecule has 0 saturated carbocycles. The van der Waals surface area contributed by atoms with E-state index in [9.17, 15) is 4.79 Å². The highest BCUT2D eigenvalue weighted by Gasteiger charge is 2.13. The zero-order valence-electron chi connectivity index (χ0n) is 13.3. The lowest BCUT2D eigenvalue weighted by Gasteiger charge is -2.12. The van der Waals surface area contributed by atoms with Crippen molar-refractivity contribution in [1.82, 2.24) is 4.98 Å². The summed E-state index contributed by atoms with van der Waals surface area (Å²) in [5.74, 6) is -0.118. The number of pyridine rings is 1. The molecule has 24 heavy (non-hydrogen) atoms. The zero-order valence-corrected chi connectivity index (χ0v) is 13.3. The molecule has 1 heterocycles. The number of aryl methyl sites for hydroxylation is 1. The molecule has 4 aromatic rings. The molecule has 3 aromatic carbocycles. The summed E-state index contributed by atoms with van der Waals surface area (Å²) >= 11 is 0. The highest BCUT2D eigenvalue weighted by atomic mass is 16.1. The van der Waals surface area contributed by atoms with Gasteiger partial charge >= 0.3 is 0 Å². The Morgan fingerprint density at radius 1 is 0.875 bits per heavy atom. The maximum atomic E-state index is 12.9. The van der Waals surface area contributed by atoms with Crippen LogP contribution in [0.3, 0.4) is 0 Å². The Kier molecular flexibility index (Phi) is 3.47. The first-order valence-electron chi connectivity index (χ1n) is 7.87. The fraction of sp³-hybridized carbons (Fsp3) is 0.0476. The van der Waals surface area contributed by atoms with Crippen molar-refractivity contribution in [2.75, 3.05) is 5.32 Å². The van der Waals surface area contributed by atoms with Crippen molar-refractivity contribution in [2.45, 2.75) is 6.92 Å². The van der Waals surface area contributed by atoms with Crippen molar-refractivity contribution in [2.24, 2.45) is 0 Å². The number of aromatic nitrogens is 1. The Bertz CT molecular complexity index is 1060. The van der Waals surface area contributed by atoms with Gasteiger partial charge in [-0.1, -0.05) is 54.6 Å². The van der Waals surface area contributed by atoms with Crippen LogP contribution < -0.4 is 5.32 Å². The molecule has 0 aliphatic carbocycles. The third-order valence-corrected chi connectivity index (χ3v) is 4.26. The Morgan fingerprint density at radius 2 is 1.67 bits per heavy atom. The summed E-state index contributed by atoms with van der Waals surface area (Å²) in [6.07, 6.45) is 1.75. The smallest absolute Gasteiger partial charge is 0.256 e. The highest BCUT2D eigenvalue weighted by Crippen LogP contribution is 2.27. The molecule has 4 rings (SSSR count). The monoisotopic (exact) mass is 312 g/mol. The van der Waals surface area contributed by atoms with Gasteiger partial charge < -0.3 is 5.32 Å². The molecule has 3 heteroatoms. The van der Waals surface area contributed by atoms with Gasteiger partial charge in [-0.15, -0.1) is 0 Å². The fourth-order valence-corrected chi connectivity index (χ4v) is 3.01. The van der Waals surface area contributed by atoms with Gasteiger partial charge in [0.1, 0.15) is 0 Å². The number of nitrogens with one attached hydrogen (secondary N) is 1. The largest absolute Gasteiger partial charge is 0.320 e. The van der Waals surface area contributed by atoms with E-state index in [0.29, 0.717) is 5.56 Å². The van der Waals surface area contributed by atoms with Crippen molar-refractivity contribution in [3.8, 4) is 0 Å². The molecule has 0 atom stereocenters. The van der Waals surface area contributed by atoms with E-state index in [1.54, 1.807) is 6.20 Å². The maximum Gasteiger partial charge on any atom is 0.256 e. The number of amides is 1. The molecule has 1 N–H and O–H groups in total. The minimum absolute atomic E-state index is 0.118. The second-order valence-electron chi connectivity index (χ2n) is 5.81. The molecule has 0 aliphatic rings. The first-order chi connectivity index (χ1) is 11.7. The Morgan fingerprint density at radius 3 is 2.58 bits per heavy atom. The van der Waals surface area contributed by atoms with E-state index in [0.717, 1.165) is 32.9 Å². The van der Waals surface area contributed by atoms with Gasteiger partial charge in [0.05, 0.1) is 11.2 Å². The van der Waals surface area contributed by atoms with E-state index in [1.165, 1.54) is 0 Å². The van der Waals surface area contributed by atoms with Gasteiger partial charge in [-0.25, -0.2) is 0 Å². The number of carbonyl (C=O) groups is 1. The molecule has 3 nitrogen and oxygen atoms in total. The Labute approximate surface area is 140 Å². The number of nitrogens with zero attached hydrogens (tertiary/aromatic N) is 1. The van der Waals surface area contributed by atoms with Crippen molar-refractivity contribution >= 4 is 33.3 Å². The van der Waals surface area contributed by atoms with Crippen LogP contribution in [0.5, 0.6) is 0 Å². The van der Waals surface area contributed by atoms with E-state index in [1.807, 2.05) is 73.7 Å². The van der Waals surface area contributed by atoms with Gasteiger partial charge in [0.15, 0.2) is 0 Å². The maximum absolute atomic E-state index is 12.9. The Hall–Kier alpha value is -3.20. The highest BCUT2D eigenvalue weighted by molar-refractivity contribution is 6.15. The molecule has 1 aromatic heterocycles. The van der Waals surface area contributed by atoms with Crippen LogP contribution in [0.2, 0.25) is 0 Å². The normalized spacial score (nSPS) is 10.9. The van der Waals surface area contributed by atoms with Crippen LogP contribution in [0.4, 0.5) is 5.69 Å². The summed E-state index contributed by atoms with van der Waals surface area (Å²) in [5, 5.41) is 6.07. The lowest BCUT2D eigenvalue weighted by molar-refractivity contribution is 0.102. The average Bonchev–Trinajstić information content (AvgIpc) is 2.63. The predicted molar refractivity (Wildman–Crippen MR) is 98.4 cm³/mol. The van der Waals surface area contributed by atoms with Crippen molar-refractivity contribution in [1.29, 1.82) is 0 Å². The molecule has 0 spiro atoms. The topological polar surface area (TPSA) is 42.0 Å². The van der Waals surface area contributed by atoms with Gasteiger partial charge in [0, 0.05) is 17.1 Å². The van der Waals surface area contributed by atoms with Crippen molar-refractivity contribution in [3.63, 3.8) is 0 Å². The number of carbonyl (C=O) groups excluding carboxylic acids is 1. The quantitative estimate of drug-likeness (QED) is 0.569. The number of benzene rings is 3. The van der Waals surface area contributed by atoms with Crippen LogP contribution >= 0.6 is 0 Å². The molecular weight excluding hydrogens is 296 g/mol. The molecule has 0 fully saturated rings. The van der Waals surface area contributed by atoms with Crippen LogP contribution in [0.1, 0.15) is 15.9 Å². The van der Waals surface area contributed by atoms with E-state index in [2.05, 4.69) is 10.3 Å². The molecule has 1 amide bonds. The number of hydrogen-bond acceptors (Lipinski definition) is 2. The third kappa shape index (κ3) is 2.40. The summed E-state index contributed by atoms with van der Waals surface area (Å²) in [4.78, 5) is 17.3. The summed E-state index contributed by atoms with van der Waals surface area (Å²) in [7, 11) is 0. The van der Waals surface area contributed by atoms with E-state index in [4.69, 9.17) is 0 Å². The van der Waals surface area contributed by atoms with Crippen LogP contribution in [-0.4, -0.2) is 10.9 Å². The SMILES string of the molecule is Cc1ccc2cccnc2c1NC(=O)c1cccc2ccccc12. The van der Waals surface area contributed by atoms with Crippen LogP contribution in [0.15, 0.2) is 72.9 Å². The molecule has 0 radical (unpaired) electrons. The Balaban J connectivity index is 1.81. The molecule has 0 saturated heterocycles. The number of hydrogen-bond donors (Lipinski definition) is 1. The molecule has 116 valence electrons. The minimum Gasteiger partial charge on any atom is -0.320 e. The minimum atomic E-state index is -0.118. The predicted octanol–water partition coefficient (Wildman–Crippen LogP) is 4.95. The molecule has 0 bridgehead atoms. The number of rotatable bonds is 2. The van der Waals surface area contributed by atoms with Crippen molar-refractivity contribution < 1.29 is 4.79 Å². The first kappa shape index (κ1) is 14.4. The van der Waals surface area contributed by atoms with Crippen LogP contribution in [0, 0.1) is 6.92 Å². The molecule has 0 aliphatic heterocycles. The van der Waals surface area contributed by atoms with Gasteiger partial charge in [-0.3, -0.25) is 9.78 Å². The summed E-state index contributed by atoms with van der Waals surface area (Å²) in [6.45, 7) is 1.98. The number of anilines is 1. The standard InChI is InChI=1S/C21H16N2O/c1-14-11-12-16-8-5-13-22-20(16)19(14)23-21(24)18-10-4-7-15-6-2-3-9-17(15)18/h2-13H,1H3,(H,23,24). The fourth-order valence-electron chi connectivity index (χ4n) is 3.01. The average molecular weight is 312 g/mol. The summed E-state index contributed by atoms with van der Waals surface area (Å²) in [5.41, 5.74) is 3.24. The summed E-state index contributed by atoms with van der Waals surface area (Å²) < 4.78 is 0. The van der Waals surface area contributed by atoms with Gasteiger partial charge in [-0.05, 0) is 35.4 Å². The van der Waals surface area contributed by atoms with Gasteiger partial charge in [-0.2, -0.15) is 0 Å². The van der Waals surface area contributed by atoms with Gasteiger partial charge in [0.2, 0.25) is 0 Å². The molecular formula is C21H16N2O. The van der Waals surface area contributed by atoms with Gasteiger partial charge in [0.25, 0.3) is 5.91 Å². The lowest BCUT2D eigenvalue weighted by atomic mass is 10.0. The van der Waals surface area contributed by atoms with Crippen LogP contribution in [0.25, 0.3) is 21.7 Å². The lowest BCUT2D eigenvalue weighted by Crippen LogP contribution is -2.13. The molecule has 0 unspecified atom stereocenters. The van der Waals surface area contributed by atoms with Crippen molar-refractivity contribution in [3.05, 3.63) is 84.1 Å². The second kappa shape index (κ2) is 5.78. The first-order valence-corrected chi connectivity index (χ1v) is 7.87. The van der Waals surface area contributed by atoms with Crippen LogP contribution in [-0.2, 0) is 0 Å². The van der Waals surface area contributed by atoms with E-state index in [-0.39, 0.29) is 5.91 Å². The zero-order chi connectivity index (χ0) is 16.5. The third-order valence-electron chi connectivity index (χ3n) is 4.26. The number of fused-ring (bicyclic) bond motifs is 2. The summed E-state index contributed by atoms with van der Waals surface area (Å²) in [6, 6.07) is 21.6.